The molecule has 8 nitrogen and oxygen atoms in total. The standard InChI is InChI=1S/C16H20ClN3O5/c1-2-18(10-15(21)22)13-3-5-19(6-4-13)16(23)11-7-12(17)9-14(8-11)20(24)25/h7-9,13H,2-6,10H2,1H3,(H,21,22). The first-order chi connectivity index (χ1) is 11.8. The second kappa shape index (κ2) is 8.26. The van der Waals surface area contributed by atoms with Gasteiger partial charge >= 0.3 is 5.97 Å². The van der Waals surface area contributed by atoms with Gasteiger partial charge in [0.15, 0.2) is 0 Å². The Bertz CT molecular complexity index is 674. The SMILES string of the molecule is CCN(CC(=O)O)C1CCN(C(=O)c2cc(Cl)cc([N+](=O)[O-])c2)CC1. The molecule has 0 spiro atoms. The van der Waals surface area contributed by atoms with Crippen molar-refractivity contribution in [3.05, 3.63) is 38.9 Å². The molecular formula is C16H20ClN3O5. The maximum atomic E-state index is 12.6. The third-order valence-electron chi connectivity index (χ3n) is 4.35. The zero-order valence-corrected chi connectivity index (χ0v) is 14.6. The largest absolute Gasteiger partial charge is 0.480 e. The van der Waals surface area contributed by atoms with Crippen molar-refractivity contribution < 1.29 is 19.6 Å². The Hall–Kier alpha value is -2.19. The number of halogens is 1. The van der Waals surface area contributed by atoms with E-state index >= 15 is 0 Å². The molecule has 1 aliphatic rings. The number of nitro benzene ring substituents is 1. The maximum Gasteiger partial charge on any atom is 0.317 e. The van der Waals surface area contributed by atoms with Crippen LogP contribution in [0.15, 0.2) is 18.2 Å². The van der Waals surface area contributed by atoms with Gasteiger partial charge in [0.1, 0.15) is 0 Å². The minimum absolute atomic E-state index is 0.0183. The first-order valence-corrected chi connectivity index (χ1v) is 8.39. The van der Waals surface area contributed by atoms with Crippen molar-refractivity contribution in [2.45, 2.75) is 25.8 Å². The van der Waals surface area contributed by atoms with Gasteiger partial charge in [0.2, 0.25) is 0 Å². The number of amides is 1. The molecule has 25 heavy (non-hydrogen) atoms. The van der Waals surface area contributed by atoms with Gasteiger partial charge in [0.05, 0.1) is 11.5 Å². The topological polar surface area (TPSA) is 104 Å². The quantitative estimate of drug-likeness (QED) is 0.609. The molecular weight excluding hydrogens is 350 g/mol. The molecule has 1 fully saturated rings. The molecule has 1 amide bonds. The molecule has 1 N–H and O–H groups in total. The number of aliphatic carboxylic acids is 1. The fraction of sp³-hybridized carbons (Fsp3) is 0.500. The third-order valence-corrected chi connectivity index (χ3v) is 4.57. The normalized spacial score (nSPS) is 15.4. The molecule has 0 bridgehead atoms. The van der Waals surface area contributed by atoms with E-state index in [1.807, 2.05) is 11.8 Å². The Kier molecular flexibility index (Phi) is 6.33. The number of non-ortho nitro benzene ring substituents is 1. The number of carboxylic acid groups (broad SMARTS) is 1. The molecule has 1 aliphatic heterocycles. The lowest BCUT2D eigenvalue weighted by molar-refractivity contribution is -0.384. The van der Waals surface area contributed by atoms with Crippen LogP contribution in [0, 0.1) is 10.1 Å². The first kappa shape index (κ1) is 19.1. The summed E-state index contributed by atoms with van der Waals surface area (Å²) < 4.78 is 0. The second-order valence-corrected chi connectivity index (χ2v) is 6.37. The van der Waals surface area contributed by atoms with Gasteiger partial charge in [-0.25, -0.2) is 0 Å². The van der Waals surface area contributed by atoms with Gasteiger partial charge in [-0.3, -0.25) is 24.6 Å². The molecule has 136 valence electrons. The highest BCUT2D eigenvalue weighted by atomic mass is 35.5. The maximum absolute atomic E-state index is 12.6. The fourth-order valence-electron chi connectivity index (χ4n) is 3.09. The number of rotatable bonds is 6. The van der Waals surface area contributed by atoms with Gasteiger partial charge in [-0.05, 0) is 25.5 Å². The molecule has 0 radical (unpaired) electrons. The van der Waals surface area contributed by atoms with Gasteiger partial charge in [-0.1, -0.05) is 18.5 Å². The van der Waals surface area contributed by atoms with Crippen LogP contribution in [0.2, 0.25) is 5.02 Å². The Morgan fingerprint density at radius 2 is 2.00 bits per heavy atom. The van der Waals surface area contributed by atoms with E-state index < -0.39 is 10.9 Å². The molecule has 0 unspecified atom stereocenters. The second-order valence-electron chi connectivity index (χ2n) is 5.94. The van der Waals surface area contributed by atoms with E-state index in [4.69, 9.17) is 16.7 Å². The van der Waals surface area contributed by atoms with E-state index in [1.165, 1.54) is 18.2 Å². The predicted molar refractivity (Wildman–Crippen MR) is 91.9 cm³/mol. The summed E-state index contributed by atoms with van der Waals surface area (Å²) in [4.78, 5) is 37.3. The number of hydrogen-bond donors (Lipinski definition) is 1. The highest BCUT2D eigenvalue weighted by molar-refractivity contribution is 6.31. The van der Waals surface area contributed by atoms with Crippen molar-refractivity contribution in [3.63, 3.8) is 0 Å². The van der Waals surface area contributed by atoms with Crippen LogP contribution in [0.1, 0.15) is 30.1 Å². The van der Waals surface area contributed by atoms with Crippen LogP contribution in [-0.4, -0.2) is 63.9 Å². The van der Waals surface area contributed by atoms with Crippen LogP contribution >= 0.6 is 11.6 Å². The summed E-state index contributed by atoms with van der Waals surface area (Å²) in [5.41, 5.74) is -0.0279. The number of piperidine rings is 1. The Morgan fingerprint density at radius 1 is 1.36 bits per heavy atom. The Morgan fingerprint density at radius 3 is 2.52 bits per heavy atom. The third kappa shape index (κ3) is 4.90. The molecule has 0 aromatic heterocycles. The van der Waals surface area contributed by atoms with Gasteiger partial charge in [-0.2, -0.15) is 0 Å². The summed E-state index contributed by atoms with van der Waals surface area (Å²) in [6.45, 7) is 3.46. The lowest BCUT2D eigenvalue weighted by atomic mass is 10.0. The van der Waals surface area contributed by atoms with Crippen LogP contribution < -0.4 is 0 Å². The molecule has 0 atom stereocenters. The van der Waals surface area contributed by atoms with Gasteiger partial charge in [0.25, 0.3) is 11.6 Å². The van der Waals surface area contributed by atoms with Crippen LogP contribution in [0.4, 0.5) is 5.69 Å². The highest BCUT2D eigenvalue weighted by Gasteiger charge is 2.28. The number of benzene rings is 1. The summed E-state index contributed by atoms with van der Waals surface area (Å²) in [6.07, 6.45) is 1.32. The van der Waals surface area contributed by atoms with E-state index in [-0.39, 0.29) is 34.8 Å². The predicted octanol–water partition coefficient (Wildman–Crippen LogP) is 2.26. The van der Waals surface area contributed by atoms with Crippen molar-refractivity contribution in [2.24, 2.45) is 0 Å². The minimum Gasteiger partial charge on any atom is -0.480 e. The summed E-state index contributed by atoms with van der Waals surface area (Å²) in [7, 11) is 0. The highest BCUT2D eigenvalue weighted by Crippen LogP contribution is 2.24. The van der Waals surface area contributed by atoms with Crippen molar-refractivity contribution in [3.8, 4) is 0 Å². The van der Waals surface area contributed by atoms with Crippen LogP contribution in [0.5, 0.6) is 0 Å². The molecule has 1 aromatic carbocycles. The fourth-order valence-corrected chi connectivity index (χ4v) is 3.32. The van der Waals surface area contributed by atoms with Crippen molar-refractivity contribution >= 4 is 29.2 Å². The van der Waals surface area contributed by atoms with Crippen LogP contribution in [-0.2, 0) is 4.79 Å². The molecule has 1 saturated heterocycles. The number of carbonyl (C=O) groups excluding carboxylic acids is 1. The molecule has 1 heterocycles. The lowest BCUT2D eigenvalue weighted by Gasteiger charge is -2.37. The molecule has 0 saturated carbocycles. The van der Waals surface area contributed by atoms with Crippen LogP contribution in [0.3, 0.4) is 0 Å². The smallest absolute Gasteiger partial charge is 0.317 e. The van der Waals surface area contributed by atoms with E-state index in [0.717, 1.165) is 0 Å². The van der Waals surface area contributed by atoms with Gasteiger partial charge in [0, 0.05) is 41.9 Å². The number of nitro groups is 1. The summed E-state index contributed by atoms with van der Waals surface area (Å²) >= 11 is 5.87. The van der Waals surface area contributed by atoms with Gasteiger partial charge in [-0.15, -0.1) is 0 Å². The van der Waals surface area contributed by atoms with Crippen molar-refractivity contribution in [2.75, 3.05) is 26.2 Å². The lowest BCUT2D eigenvalue weighted by Crippen LogP contribution is -2.48. The molecule has 9 heteroatoms. The van der Waals surface area contributed by atoms with Gasteiger partial charge < -0.3 is 10.0 Å². The zero-order valence-electron chi connectivity index (χ0n) is 13.9. The average Bonchev–Trinajstić information content (AvgIpc) is 2.58. The monoisotopic (exact) mass is 369 g/mol. The number of carboxylic acids is 1. The van der Waals surface area contributed by atoms with E-state index in [0.29, 0.717) is 32.5 Å². The number of carbonyl (C=O) groups is 2. The zero-order chi connectivity index (χ0) is 18.6. The van der Waals surface area contributed by atoms with E-state index in [2.05, 4.69) is 0 Å². The van der Waals surface area contributed by atoms with Crippen LogP contribution in [0.25, 0.3) is 0 Å². The summed E-state index contributed by atoms with van der Waals surface area (Å²) in [5, 5.41) is 20.0. The van der Waals surface area contributed by atoms with E-state index in [9.17, 15) is 19.7 Å². The molecule has 1 aromatic rings. The Labute approximate surface area is 150 Å². The van der Waals surface area contributed by atoms with Crippen molar-refractivity contribution in [1.82, 2.24) is 9.80 Å². The molecule has 2 rings (SSSR count). The summed E-state index contributed by atoms with van der Waals surface area (Å²) in [5.74, 6) is -1.17. The number of likely N-dealkylation sites (tertiary alicyclic amines) is 1. The number of hydrogen-bond acceptors (Lipinski definition) is 5. The first-order valence-electron chi connectivity index (χ1n) is 8.02. The molecule has 0 aliphatic carbocycles. The van der Waals surface area contributed by atoms with E-state index in [1.54, 1.807) is 4.90 Å². The van der Waals surface area contributed by atoms with Crippen molar-refractivity contribution in [1.29, 1.82) is 0 Å². The minimum atomic E-state index is -0.869. The number of nitrogens with zero attached hydrogens (tertiary/aromatic N) is 3. The average molecular weight is 370 g/mol. The summed E-state index contributed by atoms with van der Waals surface area (Å²) in [6, 6.07) is 3.96. The Balaban J connectivity index is 2.04. The number of likely N-dealkylation sites (N-methyl/N-ethyl adjacent to an activating group) is 1.